The summed E-state index contributed by atoms with van der Waals surface area (Å²) in [7, 11) is 0. The third-order valence-corrected chi connectivity index (χ3v) is 9.35. The smallest absolute Gasteiger partial charge is 0.416 e. The lowest BCUT2D eigenvalue weighted by molar-refractivity contribution is -0.178. The Morgan fingerprint density at radius 2 is 1.67 bits per heavy atom. The average Bonchev–Trinajstić information content (AvgIpc) is 2.91. The summed E-state index contributed by atoms with van der Waals surface area (Å²) < 4.78 is 45.9. The van der Waals surface area contributed by atoms with Crippen molar-refractivity contribution in [2.24, 2.45) is 23.2 Å². The molecule has 3 aliphatic carbocycles. The molecule has 0 aromatic heterocycles. The molecule has 0 saturated heterocycles. The fourth-order valence-corrected chi connectivity index (χ4v) is 7.75. The number of halogens is 3. The van der Waals surface area contributed by atoms with E-state index >= 15 is 0 Å². The highest BCUT2D eigenvalue weighted by molar-refractivity contribution is 5.85. The topological polar surface area (TPSA) is 29.5 Å². The van der Waals surface area contributed by atoms with Crippen LogP contribution in [0, 0.1) is 23.2 Å². The van der Waals surface area contributed by atoms with Gasteiger partial charge in [0.1, 0.15) is 5.60 Å². The Labute approximate surface area is 248 Å². The van der Waals surface area contributed by atoms with Crippen LogP contribution in [-0.2, 0) is 28.8 Å². The highest BCUT2D eigenvalue weighted by Gasteiger charge is 2.56. The van der Waals surface area contributed by atoms with E-state index < -0.39 is 17.3 Å². The van der Waals surface area contributed by atoms with Gasteiger partial charge in [-0.15, -0.1) is 0 Å². The minimum atomic E-state index is -4.36. The number of carbonyl (C=O) groups is 1. The van der Waals surface area contributed by atoms with Crippen molar-refractivity contribution in [3.8, 4) is 0 Å². The van der Waals surface area contributed by atoms with E-state index in [0.29, 0.717) is 24.9 Å². The number of nitrogens with zero attached hydrogens (tertiary/aromatic N) is 1. The zero-order chi connectivity index (χ0) is 30.3. The summed E-state index contributed by atoms with van der Waals surface area (Å²) in [5, 5.41) is 2.37. The van der Waals surface area contributed by atoms with Crippen LogP contribution in [0.1, 0.15) is 83.4 Å². The molecule has 2 bridgehead atoms. The minimum Gasteiger partial charge on any atom is -0.460 e. The number of benzene rings is 3. The summed E-state index contributed by atoms with van der Waals surface area (Å²) in [6.45, 7) is 11.5. The first-order valence-corrected chi connectivity index (χ1v) is 15.3. The van der Waals surface area contributed by atoms with E-state index in [-0.39, 0.29) is 23.3 Å². The molecule has 3 nitrogen and oxygen atoms in total. The molecule has 226 valence electrons. The van der Waals surface area contributed by atoms with E-state index in [1.54, 1.807) is 12.1 Å². The number of carbonyl (C=O) groups excluding carboxylic acids is 1. The molecule has 0 radical (unpaired) electrons. The van der Waals surface area contributed by atoms with Gasteiger partial charge in [-0.25, -0.2) is 0 Å². The van der Waals surface area contributed by atoms with Gasteiger partial charge in [0.2, 0.25) is 0 Å². The van der Waals surface area contributed by atoms with Gasteiger partial charge in [0.15, 0.2) is 0 Å². The van der Waals surface area contributed by atoms with E-state index in [0.717, 1.165) is 37.7 Å². The molecular formula is C36H44F3NO2. The fourth-order valence-electron chi connectivity index (χ4n) is 7.75. The van der Waals surface area contributed by atoms with Crippen LogP contribution in [-0.4, -0.2) is 22.5 Å². The Hall–Kier alpha value is -2.86. The first-order chi connectivity index (χ1) is 19.7. The monoisotopic (exact) mass is 579 g/mol. The summed E-state index contributed by atoms with van der Waals surface area (Å²) in [5.74, 6) is 0.557. The molecule has 3 aromatic rings. The van der Waals surface area contributed by atoms with Crippen molar-refractivity contribution in [3.63, 3.8) is 0 Å². The van der Waals surface area contributed by atoms with Crippen molar-refractivity contribution >= 4 is 16.7 Å². The Morgan fingerprint density at radius 1 is 0.976 bits per heavy atom. The molecule has 3 aromatic carbocycles. The van der Waals surface area contributed by atoms with Crippen LogP contribution in [0.2, 0.25) is 0 Å². The third kappa shape index (κ3) is 6.69. The van der Waals surface area contributed by atoms with Crippen molar-refractivity contribution in [3.05, 3.63) is 83.4 Å². The average molecular weight is 580 g/mol. The highest BCUT2D eigenvalue weighted by Crippen LogP contribution is 2.58. The zero-order valence-electron chi connectivity index (χ0n) is 25.5. The Bertz CT molecular complexity index is 1390. The summed E-state index contributed by atoms with van der Waals surface area (Å²) in [4.78, 5) is 16.1. The van der Waals surface area contributed by atoms with Crippen LogP contribution < -0.4 is 0 Å². The molecule has 4 atom stereocenters. The Kier molecular flexibility index (Phi) is 8.50. The molecular weight excluding hydrogens is 535 g/mol. The molecule has 3 saturated carbocycles. The van der Waals surface area contributed by atoms with Gasteiger partial charge in [-0.05, 0) is 104 Å². The second kappa shape index (κ2) is 11.7. The van der Waals surface area contributed by atoms with E-state index in [1.165, 1.54) is 28.5 Å². The third-order valence-electron chi connectivity index (χ3n) is 9.35. The molecule has 0 heterocycles. The van der Waals surface area contributed by atoms with Crippen molar-refractivity contribution in [2.75, 3.05) is 0 Å². The second-order valence-corrected chi connectivity index (χ2v) is 14.1. The van der Waals surface area contributed by atoms with Crippen LogP contribution in [0.25, 0.3) is 10.8 Å². The van der Waals surface area contributed by atoms with Gasteiger partial charge in [-0.3, -0.25) is 9.69 Å². The number of alkyl halides is 3. The van der Waals surface area contributed by atoms with Crippen LogP contribution in [0.4, 0.5) is 13.2 Å². The van der Waals surface area contributed by atoms with Crippen LogP contribution in [0.15, 0.2) is 66.7 Å². The molecule has 6 rings (SSSR count). The summed E-state index contributed by atoms with van der Waals surface area (Å²) >= 11 is 0. The number of hydrogen-bond acceptors (Lipinski definition) is 3. The molecule has 3 aliphatic rings. The number of fused-ring (bicyclic) bond motifs is 4. The van der Waals surface area contributed by atoms with Crippen LogP contribution >= 0.6 is 0 Å². The van der Waals surface area contributed by atoms with Gasteiger partial charge in [-0.1, -0.05) is 68.4 Å². The number of hydrogen-bond donors (Lipinski definition) is 0. The van der Waals surface area contributed by atoms with Gasteiger partial charge in [0, 0.05) is 19.1 Å². The lowest BCUT2D eigenvalue weighted by atomic mass is 9.51. The van der Waals surface area contributed by atoms with Crippen molar-refractivity contribution in [2.45, 2.75) is 97.6 Å². The van der Waals surface area contributed by atoms with E-state index in [1.807, 2.05) is 26.8 Å². The first-order valence-electron chi connectivity index (χ1n) is 15.3. The lowest BCUT2D eigenvalue weighted by Gasteiger charge is -2.58. The van der Waals surface area contributed by atoms with Gasteiger partial charge >= 0.3 is 12.1 Å². The van der Waals surface area contributed by atoms with Crippen molar-refractivity contribution in [1.29, 1.82) is 0 Å². The second-order valence-electron chi connectivity index (χ2n) is 14.1. The normalized spacial score (nSPS) is 24.5. The largest absolute Gasteiger partial charge is 0.460 e. The zero-order valence-corrected chi connectivity index (χ0v) is 25.5. The minimum absolute atomic E-state index is 0.0744. The molecule has 0 N–H and O–H groups in total. The molecule has 0 amide bonds. The molecule has 1 unspecified atom stereocenters. The van der Waals surface area contributed by atoms with E-state index in [4.69, 9.17) is 4.74 Å². The molecule has 0 spiro atoms. The highest BCUT2D eigenvalue weighted by atomic mass is 19.4. The maximum atomic E-state index is 13.6. The maximum Gasteiger partial charge on any atom is 0.416 e. The summed E-state index contributed by atoms with van der Waals surface area (Å²) in [6, 6.07) is 20.6. The van der Waals surface area contributed by atoms with Crippen LogP contribution in [0.3, 0.4) is 0 Å². The van der Waals surface area contributed by atoms with E-state index in [9.17, 15) is 18.0 Å². The summed E-state index contributed by atoms with van der Waals surface area (Å²) in [5.41, 5.74) is 0.774. The molecule has 42 heavy (non-hydrogen) atoms. The Balaban J connectivity index is 1.50. The number of esters is 1. The maximum absolute atomic E-state index is 13.6. The van der Waals surface area contributed by atoms with Gasteiger partial charge < -0.3 is 4.74 Å². The number of ether oxygens (including phenoxy) is 1. The Morgan fingerprint density at radius 3 is 2.33 bits per heavy atom. The standard InChI is InChI=1S/C36H44F3NO2/c1-24(2)20-35-18-17-27(19-31(35)33(41)42-34(3,4)5)32(21-35)40(22-25-13-15-29(16-14-25)36(37,38)39)23-28-11-8-10-26-9-6-7-12-30(26)28/h6-16,24,27,31-32H,17-23H2,1-5H3/t27-,31+,32?,35+/m1/s1. The van der Waals surface area contributed by atoms with Crippen LogP contribution in [0.5, 0.6) is 0 Å². The van der Waals surface area contributed by atoms with Gasteiger partial charge in [0.05, 0.1) is 11.5 Å². The molecule has 6 heteroatoms. The predicted molar refractivity (Wildman–Crippen MR) is 162 cm³/mol. The number of rotatable bonds is 8. The molecule has 3 fully saturated rings. The summed E-state index contributed by atoms with van der Waals surface area (Å²) in [6.07, 6.45) is 0.358. The predicted octanol–water partition coefficient (Wildman–Crippen LogP) is 9.42. The quantitative estimate of drug-likeness (QED) is 0.249. The molecule has 0 aliphatic heterocycles. The van der Waals surface area contributed by atoms with Crippen molar-refractivity contribution in [1.82, 2.24) is 4.90 Å². The lowest BCUT2D eigenvalue weighted by Crippen LogP contribution is -2.57. The SMILES string of the molecule is CC(C)C[C@]12CC[C@H](C[C@H]1C(=O)OC(C)(C)C)C(N(Cc1ccc(C(F)(F)F)cc1)Cc1cccc3ccccc13)C2. The first kappa shape index (κ1) is 30.6. The van der Waals surface area contributed by atoms with Crippen molar-refractivity contribution < 1.29 is 22.7 Å². The van der Waals surface area contributed by atoms with Gasteiger partial charge in [-0.2, -0.15) is 13.2 Å². The fraction of sp³-hybridized carbons (Fsp3) is 0.528. The van der Waals surface area contributed by atoms with E-state index in [2.05, 4.69) is 55.1 Å². The van der Waals surface area contributed by atoms with Gasteiger partial charge in [0.25, 0.3) is 0 Å².